The van der Waals surface area contributed by atoms with Crippen molar-refractivity contribution < 1.29 is 9.53 Å². The third-order valence-electron chi connectivity index (χ3n) is 4.75. The summed E-state index contributed by atoms with van der Waals surface area (Å²) in [5.41, 5.74) is 3.37. The van der Waals surface area contributed by atoms with Gasteiger partial charge in [-0.3, -0.25) is 14.7 Å². The number of ether oxygens (including phenoxy) is 1. The minimum atomic E-state index is 0.103. The number of hydrogen-bond donors (Lipinski definition) is 0. The molecule has 5 heteroatoms. The van der Waals surface area contributed by atoms with Gasteiger partial charge in [0, 0.05) is 57.1 Å². The largest absolute Gasteiger partial charge is 0.493 e. The summed E-state index contributed by atoms with van der Waals surface area (Å²) in [6, 6.07) is 10.1. The molecule has 1 saturated heterocycles. The highest BCUT2D eigenvalue weighted by atomic mass is 16.5. The van der Waals surface area contributed by atoms with Gasteiger partial charge in [-0.15, -0.1) is 0 Å². The molecule has 1 fully saturated rings. The summed E-state index contributed by atoms with van der Waals surface area (Å²) in [6.45, 7) is 5.10. The standard InChI is InChI=1S/C19H21N3O2/c23-19(16-3-6-20-7-4-16)22-10-8-21(9-11-22)14-15-1-2-18-17(13-15)5-12-24-18/h1-4,6-7,13H,5,8-12,14H2. The SMILES string of the molecule is O=C(c1ccncc1)N1CCN(Cc2ccc3c(c2)CCO3)CC1. The average Bonchev–Trinajstić information content (AvgIpc) is 3.10. The van der Waals surface area contributed by atoms with Gasteiger partial charge in [-0.05, 0) is 29.3 Å². The summed E-state index contributed by atoms with van der Waals surface area (Å²) in [4.78, 5) is 20.8. The highest BCUT2D eigenvalue weighted by molar-refractivity contribution is 5.94. The Morgan fingerprint density at radius 3 is 2.67 bits per heavy atom. The normalized spacial score (nSPS) is 17.4. The van der Waals surface area contributed by atoms with Crippen LogP contribution in [-0.2, 0) is 13.0 Å². The van der Waals surface area contributed by atoms with E-state index in [0.717, 1.165) is 57.1 Å². The minimum Gasteiger partial charge on any atom is -0.493 e. The van der Waals surface area contributed by atoms with Gasteiger partial charge in [0.2, 0.25) is 0 Å². The second-order valence-corrected chi connectivity index (χ2v) is 6.34. The van der Waals surface area contributed by atoms with E-state index < -0.39 is 0 Å². The number of fused-ring (bicyclic) bond motifs is 1. The number of rotatable bonds is 3. The van der Waals surface area contributed by atoms with Crippen LogP contribution in [0.5, 0.6) is 5.75 Å². The first-order valence-corrected chi connectivity index (χ1v) is 8.46. The number of benzene rings is 1. The van der Waals surface area contributed by atoms with Crippen molar-refractivity contribution in [3.8, 4) is 5.75 Å². The van der Waals surface area contributed by atoms with E-state index >= 15 is 0 Å². The van der Waals surface area contributed by atoms with E-state index in [4.69, 9.17) is 4.74 Å². The molecule has 2 aliphatic rings. The summed E-state index contributed by atoms with van der Waals surface area (Å²) in [6.07, 6.45) is 4.35. The Morgan fingerprint density at radius 2 is 1.88 bits per heavy atom. The second-order valence-electron chi connectivity index (χ2n) is 6.34. The van der Waals surface area contributed by atoms with Crippen molar-refractivity contribution in [1.29, 1.82) is 0 Å². The molecule has 0 unspecified atom stereocenters. The molecule has 0 radical (unpaired) electrons. The van der Waals surface area contributed by atoms with Crippen molar-refractivity contribution in [1.82, 2.24) is 14.8 Å². The lowest BCUT2D eigenvalue weighted by atomic mass is 10.1. The first-order chi connectivity index (χ1) is 11.8. The third-order valence-corrected chi connectivity index (χ3v) is 4.75. The van der Waals surface area contributed by atoms with Gasteiger partial charge in [-0.2, -0.15) is 0 Å². The molecule has 0 atom stereocenters. The quantitative estimate of drug-likeness (QED) is 0.866. The summed E-state index contributed by atoms with van der Waals surface area (Å²) in [7, 11) is 0. The van der Waals surface area contributed by atoms with Crippen LogP contribution in [0, 0.1) is 0 Å². The lowest BCUT2D eigenvalue weighted by Crippen LogP contribution is -2.48. The second kappa shape index (κ2) is 6.61. The molecule has 0 spiro atoms. The molecule has 24 heavy (non-hydrogen) atoms. The molecule has 0 N–H and O–H groups in total. The van der Waals surface area contributed by atoms with Gasteiger partial charge < -0.3 is 9.64 Å². The fraction of sp³-hybridized carbons (Fsp3) is 0.368. The van der Waals surface area contributed by atoms with E-state index in [1.165, 1.54) is 11.1 Å². The average molecular weight is 323 g/mol. The monoisotopic (exact) mass is 323 g/mol. The van der Waals surface area contributed by atoms with Crippen LogP contribution in [0.2, 0.25) is 0 Å². The number of nitrogens with zero attached hydrogens (tertiary/aromatic N) is 3. The summed E-state index contributed by atoms with van der Waals surface area (Å²) in [5, 5.41) is 0. The predicted molar refractivity (Wildman–Crippen MR) is 91.1 cm³/mol. The summed E-state index contributed by atoms with van der Waals surface area (Å²) >= 11 is 0. The zero-order valence-corrected chi connectivity index (χ0v) is 13.6. The molecule has 0 bridgehead atoms. The first-order valence-electron chi connectivity index (χ1n) is 8.46. The van der Waals surface area contributed by atoms with Crippen molar-refractivity contribution in [2.24, 2.45) is 0 Å². The van der Waals surface area contributed by atoms with Gasteiger partial charge >= 0.3 is 0 Å². The van der Waals surface area contributed by atoms with Crippen molar-refractivity contribution >= 4 is 5.91 Å². The molecular weight excluding hydrogens is 302 g/mol. The van der Waals surface area contributed by atoms with Crippen LogP contribution in [0.1, 0.15) is 21.5 Å². The third kappa shape index (κ3) is 3.12. The molecule has 124 valence electrons. The summed E-state index contributed by atoms with van der Waals surface area (Å²) < 4.78 is 5.56. The highest BCUT2D eigenvalue weighted by Crippen LogP contribution is 2.26. The molecule has 0 aliphatic carbocycles. The molecule has 1 aromatic heterocycles. The van der Waals surface area contributed by atoms with Gasteiger partial charge in [0.05, 0.1) is 6.61 Å². The molecular formula is C19H21N3O2. The zero-order chi connectivity index (χ0) is 16.4. The highest BCUT2D eigenvalue weighted by Gasteiger charge is 2.22. The molecule has 2 aromatic rings. The number of piperazine rings is 1. The van der Waals surface area contributed by atoms with Gasteiger partial charge in [-0.1, -0.05) is 12.1 Å². The lowest BCUT2D eigenvalue weighted by Gasteiger charge is -2.34. The number of aromatic nitrogens is 1. The van der Waals surface area contributed by atoms with Crippen molar-refractivity contribution in [3.63, 3.8) is 0 Å². The number of pyridine rings is 1. The van der Waals surface area contributed by atoms with Crippen molar-refractivity contribution in [2.75, 3.05) is 32.8 Å². The smallest absolute Gasteiger partial charge is 0.254 e. The molecule has 2 aliphatic heterocycles. The van der Waals surface area contributed by atoms with Crippen molar-refractivity contribution in [3.05, 3.63) is 59.4 Å². The topological polar surface area (TPSA) is 45.7 Å². The van der Waals surface area contributed by atoms with E-state index in [1.807, 2.05) is 4.90 Å². The Labute approximate surface area is 141 Å². The molecule has 3 heterocycles. The molecule has 1 aromatic carbocycles. The van der Waals surface area contributed by atoms with Gasteiger partial charge in [0.15, 0.2) is 0 Å². The van der Waals surface area contributed by atoms with Crippen LogP contribution in [0.3, 0.4) is 0 Å². The van der Waals surface area contributed by atoms with Gasteiger partial charge in [-0.25, -0.2) is 0 Å². The van der Waals surface area contributed by atoms with E-state index in [1.54, 1.807) is 24.5 Å². The fourth-order valence-electron chi connectivity index (χ4n) is 3.38. The first kappa shape index (κ1) is 15.1. The van der Waals surface area contributed by atoms with Crippen LogP contribution < -0.4 is 4.74 Å². The molecule has 4 rings (SSSR count). The molecule has 5 nitrogen and oxygen atoms in total. The van der Waals surface area contributed by atoms with Crippen LogP contribution in [0.15, 0.2) is 42.7 Å². The van der Waals surface area contributed by atoms with E-state index in [9.17, 15) is 4.79 Å². The maximum absolute atomic E-state index is 12.5. The number of amides is 1. The van der Waals surface area contributed by atoms with Crippen LogP contribution >= 0.6 is 0 Å². The summed E-state index contributed by atoms with van der Waals surface area (Å²) in [5.74, 6) is 1.14. The predicted octanol–water partition coefficient (Wildman–Crippen LogP) is 1.97. The Hall–Kier alpha value is -2.40. The fourth-order valence-corrected chi connectivity index (χ4v) is 3.38. The Balaban J connectivity index is 1.34. The Kier molecular flexibility index (Phi) is 4.17. The van der Waals surface area contributed by atoms with Crippen LogP contribution in [-0.4, -0.2) is 53.5 Å². The maximum Gasteiger partial charge on any atom is 0.254 e. The lowest BCUT2D eigenvalue weighted by molar-refractivity contribution is 0.0628. The van der Waals surface area contributed by atoms with E-state index in [-0.39, 0.29) is 5.91 Å². The van der Waals surface area contributed by atoms with Crippen molar-refractivity contribution in [2.45, 2.75) is 13.0 Å². The van der Waals surface area contributed by atoms with E-state index in [0.29, 0.717) is 0 Å². The minimum absolute atomic E-state index is 0.103. The number of carbonyl (C=O) groups is 1. The van der Waals surface area contributed by atoms with Gasteiger partial charge in [0.1, 0.15) is 5.75 Å². The molecule has 0 saturated carbocycles. The zero-order valence-electron chi connectivity index (χ0n) is 13.6. The number of hydrogen-bond acceptors (Lipinski definition) is 4. The maximum atomic E-state index is 12.5. The number of carbonyl (C=O) groups excluding carboxylic acids is 1. The van der Waals surface area contributed by atoms with Crippen LogP contribution in [0.25, 0.3) is 0 Å². The van der Waals surface area contributed by atoms with Crippen LogP contribution in [0.4, 0.5) is 0 Å². The van der Waals surface area contributed by atoms with E-state index in [2.05, 4.69) is 28.1 Å². The van der Waals surface area contributed by atoms with Gasteiger partial charge in [0.25, 0.3) is 5.91 Å². The Bertz CT molecular complexity index is 725. The molecule has 1 amide bonds. The Morgan fingerprint density at radius 1 is 1.08 bits per heavy atom.